The van der Waals surface area contributed by atoms with E-state index in [2.05, 4.69) is 4.74 Å². The summed E-state index contributed by atoms with van der Waals surface area (Å²) in [6, 6.07) is 4.68. The lowest BCUT2D eigenvalue weighted by Gasteiger charge is -2.16. The Morgan fingerprint density at radius 1 is 1.18 bits per heavy atom. The normalized spacial score (nSPS) is 14.5. The number of methoxy groups -OCH3 is 1. The number of alkyl halides is 2. The predicted molar refractivity (Wildman–Crippen MR) is 54.4 cm³/mol. The molecule has 2 atom stereocenters. The van der Waals surface area contributed by atoms with Crippen LogP contribution >= 0.6 is 0 Å². The maximum absolute atomic E-state index is 12.3. The van der Waals surface area contributed by atoms with Gasteiger partial charge in [-0.1, -0.05) is 24.3 Å². The summed E-state index contributed by atoms with van der Waals surface area (Å²) in [5.74, 6) is -0.990. The van der Waals surface area contributed by atoms with E-state index < -0.39 is 24.6 Å². The number of carbonyl (C=O) groups is 1. The average Bonchev–Trinajstić information content (AvgIpc) is 2.36. The summed E-state index contributed by atoms with van der Waals surface area (Å²) in [5.41, 5.74) is -0.0409. The van der Waals surface area contributed by atoms with E-state index in [9.17, 15) is 23.8 Å². The number of hydrogen-bond donors (Lipinski definition) is 2. The number of rotatable bonds is 4. The van der Waals surface area contributed by atoms with E-state index in [-0.39, 0.29) is 11.1 Å². The number of ether oxygens (including phenoxy) is 1. The summed E-state index contributed by atoms with van der Waals surface area (Å²) in [6.45, 7) is 0. The zero-order chi connectivity index (χ0) is 13.0. The number of aliphatic hydroxyl groups excluding tert-OH is 2. The molecule has 4 nitrogen and oxygen atoms in total. The van der Waals surface area contributed by atoms with Crippen molar-refractivity contribution in [3.05, 3.63) is 35.4 Å². The Bertz CT molecular complexity index is 378. The Balaban J connectivity index is 2.82. The molecule has 0 saturated carbocycles. The molecule has 1 rings (SSSR count). The lowest BCUT2D eigenvalue weighted by Crippen LogP contribution is -2.29. The van der Waals surface area contributed by atoms with Crippen molar-refractivity contribution in [1.82, 2.24) is 0 Å². The van der Waals surface area contributed by atoms with Crippen molar-refractivity contribution >= 4 is 5.97 Å². The van der Waals surface area contributed by atoms with Gasteiger partial charge in [-0.2, -0.15) is 0 Å². The van der Waals surface area contributed by atoms with Gasteiger partial charge >= 0.3 is 5.97 Å². The Labute approximate surface area is 96.5 Å². The van der Waals surface area contributed by atoms with Crippen LogP contribution in [-0.2, 0) is 9.53 Å². The van der Waals surface area contributed by atoms with E-state index in [1.807, 2.05) is 0 Å². The second-order valence-electron chi connectivity index (χ2n) is 3.38. The molecule has 17 heavy (non-hydrogen) atoms. The van der Waals surface area contributed by atoms with Crippen molar-refractivity contribution in [3.8, 4) is 0 Å². The van der Waals surface area contributed by atoms with Gasteiger partial charge in [0.2, 0.25) is 0 Å². The van der Waals surface area contributed by atoms with E-state index in [1.165, 1.54) is 12.1 Å². The summed E-state index contributed by atoms with van der Waals surface area (Å²) in [7, 11) is 1.07. The van der Waals surface area contributed by atoms with Crippen LogP contribution < -0.4 is 0 Å². The molecule has 1 aromatic carbocycles. The molecule has 0 aromatic heterocycles. The van der Waals surface area contributed by atoms with Crippen LogP contribution in [0.2, 0.25) is 0 Å². The lowest BCUT2D eigenvalue weighted by molar-refractivity contribution is -0.156. The van der Waals surface area contributed by atoms with E-state index in [0.717, 1.165) is 19.2 Å². The Morgan fingerprint density at radius 2 is 1.65 bits per heavy atom. The average molecular weight is 246 g/mol. The maximum Gasteiger partial charge on any atom is 0.337 e. The molecule has 0 aliphatic heterocycles. The molecule has 0 saturated heterocycles. The molecule has 94 valence electrons. The number of benzene rings is 1. The van der Waals surface area contributed by atoms with Crippen molar-refractivity contribution in [3.63, 3.8) is 0 Å². The summed E-state index contributed by atoms with van der Waals surface area (Å²) in [4.78, 5) is 10.9. The molecule has 0 amide bonds. The quantitative estimate of drug-likeness (QED) is 0.783. The highest BCUT2D eigenvalue weighted by Crippen LogP contribution is 2.23. The highest BCUT2D eigenvalue weighted by Gasteiger charge is 2.26. The van der Waals surface area contributed by atoms with Gasteiger partial charge in [0.05, 0.1) is 7.11 Å². The minimum absolute atomic E-state index is 0.160. The SMILES string of the molecule is COC(=O)C(O)C(O)c1ccc(C(F)F)cc1. The first-order valence-electron chi connectivity index (χ1n) is 4.79. The Hall–Kier alpha value is -1.53. The zero-order valence-corrected chi connectivity index (χ0v) is 9.01. The molecule has 0 bridgehead atoms. The van der Waals surface area contributed by atoms with Gasteiger partial charge in [-0.25, -0.2) is 13.6 Å². The second-order valence-corrected chi connectivity index (χ2v) is 3.38. The van der Waals surface area contributed by atoms with Gasteiger partial charge < -0.3 is 14.9 Å². The van der Waals surface area contributed by atoms with Crippen molar-refractivity contribution in [1.29, 1.82) is 0 Å². The van der Waals surface area contributed by atoms with Crippen LogP contribution in [0.1, 0.15) is 23.7 Å². The third kappa shape index (κ3) is 3.21. The van der Waals surface area contributed by atoms with Crippen LogP contribution in [0.4, 0.5) is 8.78 Å². The molecule has 6 heteroatoms. The van der Waals surface area contributed by atoms with Crippen LogP contribution in [-0.4, -0.2) is 29.4 Å². The molecule has 0 heterocycles. The number of hydrogen-bond acceptors (Lipinski definition) is 4. The third-order valence-corrected chi connectivity index (χ3v) is 2.27. The summed E-state index contributed by atoms with van der Waals surface area (Å²) >= 11 is 0. The topological polar surface area (TPSA) is 66.8 Å². The number of esters is 1. The zero-order valence-electron chi connectivity index (χ0n) is 9.01. The van der Waals surface area contributed by atoms with Crippen molar-refractivity contribution in [2.24, 2.45) is 0 Å². The third-order valence-electron chi connectivity index (χ3n) is 2.27. The van der Waals surface area contributed by atoms with Gasteiger partial charge in [-0.15, -0.1) is 0 Å². The van der Waals surface area contributed by atoms with Crippen molar-refractivity contribution < 1.29 is 28.5 Å². The summed E-state index contributed by atoms with van der Waals surface area (Å²) < 4.78 is 28.8. The molecule has 2 unspecified atom stereocenters. The fourth-order valence-corrected chi connectivity index (χ4v) is 1.27. The molecular weight excluding hydrogens is 234 g/mol. The van der Waals surface area contributed by atoms with Gasteiger partial charge in [0.25, 0.3) is 6.43 Å². The first-order valence-corrected chi connectivity index (χ1v) is 4.79. The van der Waals surface area contributed by atoms with Crippen LogP contribution in [0, 0.1) is 0 Å². The molecule has 0 fully saturated rings. The molecule has 0 radical (unpaired) electrons. The standard InChI is InChI=1S/C11H12F2O4/c1-17-11(16)9(15)8(14)6-2-4-7(5-3-6)10(12)13/h2-5,8-10,14-15H,1H3. The minimum Gasteiger partial charge on any atom is -0.467 e. The van der Waals surface area contributed by atoms with Gasteiger partial charge in [0, 0.05) is 5.56 Å². The number of carbonyl (C=O) groups excluding carboxylic acids is 1. The highest BCUT2D eigenvalue weighted by molar-refractivity contribution is 5.75. The maximum atomic E-state index is 12.3. The minimum atomic E-state index is -2.60. The number of aliphatic hydroxyl groups is 2. The van der Waals surface area contributed by atoms with Crippen LogP contribution in [0.25, 0.3) is 0 Å². The fraction of sp³-hybridized carbons (Fsp3) is 0.364. The highest BCUT2D eigenvalue weighted by atomic mass is 19.3. The van der Waals surface area contributed by atoms with Gasteiger partial charge in [-0.05, 0) is 5.56 Å². The first-order chi connectivity index (χ1) is 7.97. The first kappa shape index (κ1) is 13.5. The van der Waals surface area contributed by atoms with Crippen LogP contribution in [0.15, 0.2) is 24.3 Å². The van der Waals surface area contributed by atoms with E-state index in [4.69, 9.17) is 0 Å². The molecule has 0 aliphatic carbocycles. The molecule has 2 N–H and O–H groups in total. The fourth-order valence-electron chi connectivity index (χ4n) is 1.27. The van der Waals surface area contributed by atoms with Crippen molar-refractivity contribution in [2.75, 3.05) is 7.11 Å². The Morgan fingerprint density at radius 3 is 2.06 bits per heavy atom. The van der Waals surface area contributed by atoms with E-state index in [0.29, 0.717) is 0 Å². The molecular formula is C11H12F2O4. The smallest absolute Gasteiger partial charge is 0.337 e. The summed E-state index contributed by atoms with van der Waals surface area (Å²) in [5, 5.41) is 18.9. The van der Waals surface area contributed by atoms with Crippen LogP contribution in [0.3, 0.4) is 0 Å². The molecule has 1 aromatic rings. The molecule has 0 aliphatic rings. The van der Waals surface area contributed by atoms with Gasteiger partial charge in [0.15, 0.2) is 6.10 Å². The monoisotopic (exact) mass is 246 g/mol. The van der Waals surface area contributed by atoms with Gasteiger partial charge in [-0.3, -0.25) is 0 Å². The predicted octanol–water partition coefficient (Wildman–Crippen LogP) is 1.19. The van der Waals surface area contributed by atoms with Gasteiger partial charge in [0.1, 0.15) is 6.10 Å². The Kier molecular flexibility index (Phi) is 4.53. The van der Waals surface area contributed by atoms with E-state index >= 15 is 0 Å². The largest absolute Gasteiger partial charge is 0.467 e. The lowest BCUT2D eigenvalue weighted by atomic mass is 10.0. The summed E-state index contributed by atoms with van der Waals surface area (Å²) in [6.07, 6.45) is -5.85. The van der Waals surface area contributed by atoms with Crippen molar-refractivity contribution in [2.45, 2.75) is 18.6 Å². The molecule has 0 spiro atoms. The van der Waals surface area contributed by atoms with E-state index in [1.54, 1.807) is 0 Å². The number of halogens is 2. The van der Waals surface area contributed by atoms with Crippen LogP contribution in [0.5, 0.6) is 0 Å². The second kappa shape index (κ2) is 5.70.